The molecule has 1 aromatic carbocycles. The Hall–Kier alpha value is -1.62. The second kappa shape index (κ2) is 4.49. The van der Waals surface area contributed by atoms with Crippen LogP contribution in [-0.4, -0.2) is 13.3 Å². The van der Waals surface area contributed by atoms with E-state index in [9.17, 15) is 5.11 Å². The lowest BCUT2D eigenvalue weighted by molar-refractivity contribution is -0.669. The molecule has 102 valence electrons. The molecule has 0 spiro atoms. The molecule has 0 bridgehead atoms. The highest BCUT2D eigenvalue weighted by atomic mass is 28.3. The highest BCUT2D eigenvalue weighted by Crippen LogP contribution is 2.36. The normalized spacial score (nSPS) is 12.7. The number of aromatic nitrogens is 2. The second-order valence-corrected chi connectivity index (χ2v) is 11.6. The van der Waals surface area contributed by atoms with E-state index in [0.29, 0.717) is 0 Å². The molecule has 19 heavy (non-hydrogen) atoms. The smallest absolute Gasteiger partial charge is 0.238 e. The molecule has 0 radical (unpaired) electrons. The van der Waals surface area contributed by atoms with Crippen LogP contribution < -0.4 is 15.0 Å². The van der Waals surface area contributed by atoms with Gasteiger partial charge in [-0.05, 0) is 9.72 Å². The fraction of sp³-hybridized carbons (Fsp3) is 0.429. The van der Waals surface area contributed by atoms with E-state index in [4.69, 9.17) is 0 Å². The number of para-hydroxylation sites is 1. The van der Waals surface area contributed by atoms with Gasteiger partial charge >= 0.3 is 0 Å². The molecule has 4 nitrogen and oxygen atoms in total. The van der Waals surface area contributed by atoms with Gasteiger partial charge < -0.3 is 9.63 Å². The molecule has 0 amide bonds. The van der Waals surface area contributed by atoms with Crippen molar-refractivity contribution in [1.29, 1.82) is 0 Å². The lowest BCUT2D eigenvalue weighted by Crippen LogP contribution is -2.54. The van der Waals surface area contributed by atoms with Gasteiger partial charge in [-0.25, -0.2) is 0 Å². The predicted molar refractivity (Wildman–Crippen MR) is 74.3 cm³/mol. The van der Waals surface area contributed by atoms with E-state index in [1.54, 1.807) is 0 Å². The van der Waals surface area contributed by atoms with Gasteiger partial charge in [0.25, 0.3) is 0 Å². The predicted octanol–water partition coefficient (Wildman–Crippen LogP) is 1.74. The van der Waals surface area contributed by atoms with Crippen molar-refractivity contribution in [3.63, 3.8) is 0 Å². The fourth-order valence-electron chi connectivity index (χ4n) is 1.95. The van der Waals surface area contributed by atoms with Gasteiger partial charge in [0.1, 0.15) is 5.95 Å². The summed E-state index contributed by atoms with van der Waals surface area (Å²) in [4.78, 5) is 0. The molecule has 0 saturated heterocycles. The van der Waals surface area contributed by atoms with Crippen molar-refractivity contribution in [2.45, 2.75) is 38.9 Å². The molecule has 5 heteroatoms. The van der Waals surface area contributed by atoms with E-state index in [1.165, 1.54) is 16.1 Å². The third-order valence-corrected chi connectivity index (χ3v) is 9.67. The van der Waals surface area contributed by atoms with Crippen LogP contribution in [0.15, 0.2) is 35.0 Å². The number of benzene rings is 1. The first-order valence-corrected chi connectivity index (χ1v) is 9.39. The summed E-state index contributed by atoms with van der Waals surface area (Å²) in [6.07, 6.45) is 1.38. The van der Waals surface area contributed by atoms with E-state index in [2.05, 4.69) is 49.7 Å². The molecule has 0 unspecified atom stereocenters. The highest BCUT2D eigenvalue weighted by molar-refractivity contribution is 6.92. The SMILES string of the molecule is CC(C)(C)[Si](C)(C)c1ccccc1-[n+]1cc([O-])on1. The van der Waals surface area contributed by atoms with Gasteiger partial charge in [0, 0.05) is 11.3 Å². The topological polar surface area (TPSA) is 53.0 Å². The van der Waals surface area contributed by atoms with Crippen molar-refractivity contribution < 1.29 is 14.3 Å². The Morgan fingerprint density at radius 1 is 1.21 bits per heavy atom. The molecule has 0 aliphatic heterocycles. The standard InChI is InChI=1S/C14H20N2O2Si/c1-14(2,3)19(4,5)12-9-7-6-8-11(12)16-10-13(17)18-15-16/h6-10H,1-5H3. The molecule has 2 rings (SSSR count). The summed E-state index contributed by atoms with van der Waals surface area (Å²) >= 11 is 0. The lowest BCUT2D eigenvalue weighted by Gasteiger charge is -2.36. The summed E-state index contributed by atoms with van der Waals surface area (Å²) in [5.74, 6) is -0.426. The third kappa shape index (κ3) is 2.42. The van der Waals surface area contributed by atoms with Crippen LogP contribution in [0.3, 0.4) is 0 Å². The van der Waals surface area contributed by atoms with Crippen LogP contribution in [0.4, 0.5) is 0 Å². The Bertz CT molecular complexity index is 585. The first-order valence-electron chi connectivity index (χ1n) is 6.39. The minimum Gasteiger partial charge on any atom is -0.539 e. The third-order valence-electron chi connectivity index (χ3n) is 4.15. The van der Waals surface area contributed by atoms with Gasteiger partial charge in [0.2, 0.25) is 11.9 Å². The van der Waals surface area contributed by atoms with Crippen molar-refractivity contribution in [2.24, 2.45) is 0 Å². The number of hydrogen-bond acceptors (Lipinski definition) is 3. The summed E-state index contributed by atoms with van der Waals surface area (Å²) in [6, 6.07) is 8.12. The lowest BCUT2D eigenvalue weighted by atomic mass is 10.2. The van der Waals surface area contributed by atoms with Crippen molar-refractivity contribution in [3.8, 4) is 11.6 Å². The van der Waals surface area contributed by atoms with Crippen LogP contribution >= 0.6 is 0 Å². The van der Waals surface area contributed by atoms with Gasteiger partial charge in [-0.2, -0.15) is 0 Å². The summed E-state index contributed by atoms with van der Waals surface area (Å²) in [5, 5.41) is 16.5. The summed E-state index contributed by atoms with van der Waals surface area (Å²) < 4.78 is 6.18. The molecular formula is C14H20N2O2Si. The zero-order chi connectivity index (χ0) is 14.3. The maximum absolute atomic E-state index is 11.2. The Balaban J connectivity index is 2.60. The minimum absolute atomic E-state index is 0.216. The molecule has 0 N–H and O–H groups in total. The van der Waals surface area contributed by atoms with E-state index >= 15 is 0 Å². The fourth-order valence-corrected chi connectivity index (χ4v) is 4.11. The van der Waals surface area contributed by atoms with E-state index in [-0.39, 0.29) is 5.04 Å². The van der Waals surface area contributed by atoms with E-state index < -0.39 is 14.0 Å². The quantitative estimate of drug-likeness (QED) is 0.620. The van der Waals surface area contributed by atoms with Crippen LogP contribution in [0.2, 0.25) is 18.1 Å². The molecular weight excluding hydrogens is 256 g/mol. The van der Waals surface area contributed by atoms with Crippen molar-refractivity contribution in [3.05, 3.63) is 30.5 Å². The zero-order valence-corrected chi connectivity index (χ0v) is 13.1. The Kier molecular flexibility index (Phi) is 3.26. The first-order chi connectivity index (χ1) is 8.73. The number of hydrogen-bond donors (Lipinski definition) is 0. The average molecular weight is 276 g/mol. The molecule has 0 atom stereocenters. The van der Waals surface area contributed by atoms with E-state index in [0.717, 1.165) is 5.69 Å². The molecule has 1 heterocycles. The second-order valence-electron chi connectivity index (χ2n) is 6.36. The first kappa shape index (κ1) is 13.8. The van der Waals surface area contributed by atoms with Crippen molar-refractivity contribution in [2.75, 3.05) is 0 Å². The Morgan fingerprint density at radius 3 is 2.37 bits per heavy atom. The molecule has 0 saturated carbocycles. The highest BCUT2D eigenvalue weighted by Gasteiger charge is 2.40. The molecule has 0 aliphatic rings. The van der Waals surface area contributed by atoms with Crippen molar-refractivity contribution >= 4 is 13.3 Å². The van der Waals surface area contributed by atoms with Gasteiger partial charge in [-0.3, -0.25) is 0 Å². The van der Waals surface area contributed by atoms with Gasteiger partial charge in [0.15, 0.2) is 0 Å². The monoisotopic (exact) mass is 276 g/mol. The maximum atomic E-state index is 11.2. The van der Waals surface area contributed by atoms with Gasteiger partial charge in [-0.1, -0.05) is 52.1 Å². The summed E-state index contributed by atoms with van der Waals surface area (Å²) in [7, 11) is -1.70. The molecule has 0 fully saturated rings. The molecule has 2 aromatic rings. The van der Waals surface area contributed by atoms with Crippen LogP contribution in [0.25, 0.3) is 5.69 Å². The Morgan fingerprint density at radius 2 is 1.84 bits per heavy atom. The van der Waals surface area contributed by atoms with Crippen LogP contribution in [0, 0.1) is 0 Å². The van der Waals surface area contributed by atoms with Crippen LogP contribution in [-0.2, 0) is 0 Å². The molecule has 0 aliphatic carbocycles. The average Bonchev–Trinajstić information content (AvgIpc) is 2.74. The Labute approximate surface area is 114 Å². The molecule has 1 aromatic heterocycles. The van der Waals surface area contributed by atoms with Gasteiger partial charge in [-0.15, -0.1) is 0 Å². The zero-order valence-electron chi connectivity index (χ0n) is 12.1. The number of nitrogens with zero attached hydrogens (tertiary/aromatic N) is 2. The van der Waals surface area contributed by atoms with E-state index in [1.807, 2.05) is 18.2 Å². The van der Waals surface area contributed by atoms with Crippen LogP contribution in [0.5, 0.6) is 5.95 Å². The summed E-state index contributed by atoms with van der Waals surface area (Å²) in [6.45, 7) is 11.5. The van der Waals surface area contributed by atoms with Gasteiger partial charge in [0.05, 0.1) is 13.3 Å². The van der Waals surface area contributed by atoms with Crippen LogP contribution in [0.1, 0.15) is 20.8 Å². The van der Waals surface area contributed by atoms with Crippen molar-refractivity contribution in [1.82, 2.24) is 5.27 Å². The largest absolute Gasteiger partial charge is 0.539 e. The summed E-state index contributed by atoms with van der Waals surface area (Å²) in [5.41, 5.74) is 0.944. The maximum Gasteiger partial charge on any atom is 0.238 e. The minimum atomic E-state index is -1.70. The number of rotatable bonds is 2.